The van der Waals surface area contributed by atoms with Gasteiger partial charge in [0.1, 0.15) is 0 Å². The second-order valence-electron chi connectivity index (χ2n) is 4.77. The molecule has 0 spiro atoms. The van der Waals surface area contributed by atoms with Crippen LogP contribution in [0.2, 0.25) is 0 Å². The second-order valence-corrected chi connectivity index (χ2v) is 4.77. The summed E-state index contributed by atoms with van der Waals surface area (Å²) >= 11 is 0. The minimum absolute atomic E-state index is 0.0333. The van der Waals surface area contributed by atoms with E-state index >= 15 is 0 Å². The molecule has 1 amide bonds. The maximum atomic E-state index is 12.1. The first-order valence-corrected chi connectivity index (χ1v) is 5.92. The van der Waals surface area contributed by atoms with Crippen LogP contribution in [0.25, 0.3) is 0 Å². The molecule has 0 bridgehead atoms. The average Bonchev–Trinajstić information content (AvgIpc) is 2.91. The Hall–Kier alpha value is -1.43. The molecular weight excluding hydrogens is 220 g/mol. The maximum Gasteiger partial charge on any atom is 0.227 e. The van der Waals surface area contributed by atoms with Crippen molar-refractivity contribution in [2.75, 3.05) is 6.54 Å². The highest BCUT2D eigenvalue weighted by atomic mass is 16.5. The number of nitrogens with two attached hydrogens (primary N) is 1. The van der Waals surface area contributed by atoms with Crippen molar-refractivity contribution in [2.24, 2.45) is 11.1 Å². The van der Waals surface area contributed by atoms with Crippen molar-refractivity contribution in [3.8, 4) is 0 Å². The smallest absolute Gasteiger partial charge is 0.227 e. The van der Waals surface area contributed by atoms with E-state index < -0.39 is 5.41 Å². The molecule has 1 saturated carbocycles. The lowest BCUT2D eigenvalue weighted by Crippen LogP contribution is -2.47. The highest BCUT2D eigenvalue weighted by Gasteiger charge is 2.42. The van der Waals surface area contributed by atoms with Crippen LogP contribution in [0.15, 0.2) is 10.9 Å². The number of carbonyl (C=O) groups is 1. The lowest BCUT2D eigenvalue weighted by atomic mass is 9.84. The number of nitrogens with zero attached hydrogens (tertiary/aromatic N) is 2. The Bertz CT molecular complexity index is 379. The zero-order valence-electron chi connectivity index (χ0n) is 9.98. The molecule has 1 aliphatic carbocycles. The van der Waals surface area contributed by atoms with Gasteiger partial charge in [0, 0.05) is 19.0 Å². The van der Waals surface area contributed by atoms with Crippen molar-refractivity contribution in [1.29, 1.82) is 0 Å². The molecule has 0 saturated heterocycles. The molecule has 2 rings (SSSR count). The number of rotatable bonds is 4. The highest BCUT2D eigenvalue weighted by molar-refractivity contribution is 5.83. The van der Waals surface area contributed by atoms with Gasteiger partial charge in [-0.3, -0.25) is 4.79 Å². The fourth-order valence-corrected chi connectivity index (χ4v) is 2.27. The number of aromatic nitrogens is 2. The van der Waals surface area contributed by atoms with Gasteiger partial charge in [0.25, 0.3) is 0 Å². The van der Waals surface area contributed by atoms with E-state index in [0.29, 0.717) is 18.8 Å². The van der Waals surface area contributed by atoms with Crippen LogP contribution in [0.5, 0.6) is 0 Å². The second kappa shape index (κ2) is 4.83. The number of hydrogen-bond acceptors (Lipinski definition) is 5. The fourth-order valence-electron chi connectivity index (χ4n) is 2.27. The average molecular weight is 238 g/mol. The van der Waals surface area contributed by atoms with Gasteiger partial charge in [-0.25, -0.2) is 0 Å². The third-order valence-corrected chi connectivity index (χ3v) is 3.59. The SMILES string of the molecule is CC1(C(=O)NCCc2ncon2)CCCC1N. The number of carbonyl (C=O) groups excluding carboxylic acids is 1. The normalized spacial score (nSPS) is 28.2. The summed E-state index contributed by atoms with van der Waals surface area (Å²) in [4.78, 5) is 15.9. The van der Waals surface area contributed by atoms with Gasteiger partial charge < -0.3 is 15.6 Å². The summed E-state index contributed by atoms with van der Waals surface area (Å²) in [5.41, 5.74) is 5.56. The molecule has 1 aliphatic rings. The molecular formula is C11H18N4O2. The quantitative estimate of drug-likeness (QED) is 0.784. The molecule has 3 N–H and O–H groups in total. The number of nitrogens with one attached hydrogen (secondary N) is 1. The standard InChI is InChI=1S/C11H18N4O2/c1-11(5-2-3-8(11)12)10(16)13-6-4-9-14-7-17-15-9/h7-8H,2-6,12H2,1H3,(H,13,16). The van der Waals surface area contributed by atoms with E-state index in [1.165, 1.54) is 6.39 Å². The minimum atomic E-state index is -0.419. The Morgan fingerprint density at radius 2 is 2.59 bits per heavy atom. The van der Waals surface area contributed by atoms with Crippen molar-refractivity contribution in [1.82, 2.24) is 15.5 Å². The molecule has 94 valence electrons. The molecule has 1 aromatic heterocycles. The Kier molecular flexibility index (Phi) is 3.42. The van der Waals surface area contributed by atoms with E-state index in [2.05, 4.69) is 20.0 Å². The van der Waals surface area contributed by atoms with E-state index in [4.69, 9.17) is 5.73 Å². The molecule has 6 nitrogen and oxygen atoms in total. The van der Waals surface area contributed by atoms with E-state index in [0.717, 1.165) is 19.3 Å². The van der Waals surface area contributed by atoms with Gasteiger partial charge >= 0.3 is 0 Å². The zero-order valence-corrected chi connectivity index (χ0v) is 9.98. The van der Waals surface area contributed by atoms with E-state index in [9.17, 15) is 4.79 Å². The van der Waals surface area contributed by atoms with Gasteiger partial charge in [-0.05, 0) is 19.8 Å². The maximum absolute atomic E-state index is 12.1. The molecule has 1 fully saturated rings. The van der Waals surface area contributed by atoms with Gasteiger partial charge in [-0.15, -0.1) is 0 Å². The highest BCUT2D eigenvalue weighted by Crippen LogP contribution is 2.36. The van der Waals surface area contributed by atoms with Gasteiger partial charge in [-0.2, -0.15) is 4.98 Å². The predicted octanol–water partition coefficient (Wildman–Crippen LogP) is 0.246. The van der Waals surface area contributed by atoms with Gasteiger partial charge in [0.05, 0.1) is 5.41 Å². The predicted molar refractivity (Wildman–Crippen MR) is 60.9 cm³/mol. The summed E-state index contributed by atoms with van der Waals surface area (Å²) in [6, 6.07) is -0.0346. The summed E-state index contributed by atoms with van der Waals surface area (Å²) < 4.78 is 4.61. The van der Waals surface area contributed by atoms with Crippen LogP contribution < -0.4 is 11.1 Å². The molecule has 2 atom stereocenters. The topological polar surface area (TPSA) is 94.0 Å². The lowest BCUT2D eigenvalue weighted by Gasteiger charge is -2.27. The number of amides is 1. The van der Waals surface area contributed by atoms with Gasteiger partial charge in [0.15, 0.2) is 5.82 Å². The summed E-state index contributed by atoms with van der Waals surface area (Å²) in [5, 5.41) is 6.57. The summed E-state index contributed by atoms with van der Waals surface area (Å²) in [6.45, 7) is 2.45. The Morgan fingerprint density at radius 1 is 1.76 bits per heavy atom. The van der Waals surface area contributed by atoms with Crippen molar-refractivity contribution in [3.05, 3.63) is 12.2 Å². The van der Waals surface area contributed by atoms with Crippen LogP contribution >= 0.6 is 0 Å². The van der Waals surface area contributed by atoms with Crippen LogP contribution in [0, 0.1) is 5.41 Å². The lowest BCUT2D eigenvalue weighted by molar-refractivity contribution is -0.130. The summed E-state index contributed by atoms with van der Waals surface area (Å²) in [5.74, 6) is 0.636. The molecule has 0 aliphatic heterocycles. The van der Waals surface area contributed by atoms with E-state index in [1.807, 2.05) is 6.92 Å². The summed E-state index contributed by atoms with van der Waals surface area (Å²) in [6.07, 6.45) is 4.67. The first kappa shape index (κ1) is 12.0. The molecule has 6 heteroatoms. The Balaban J connectivity index is 1.81. The Morgan fingerprint density at radius 3 is 3.18 bits per heavy atom. The largest absolute Gasteiger partial charge is 0.355 e. The third kappa shape index (κ3) is 2.46. The van der Waals surface area contributed by atoms with E-state index in [1.54, 1.807) is 0 Å². The molecule has 0 aromatic carbocycles. The molecule has 2 unspecified atom stereocenters. The first-order chi connectivity index (χ1) is 8.13. The number of hydrogen-bond donors (Lipinski definition) is 2. The molecule has 0 radical (unpaired) electrons. The summed E-state index contributed by atoms with van der Waals surface area (Å²) in [7, 11) is 0. The van der Waals surface area contributed by atoms with Crippen molar-refractivity contribution in [3.63, 3.8) is 0 Å². The third-order valence-electron chi connectivity index (χ3n) is 3.59. The monoisotopic (exact) mass is 238 g/mol. The van der Waals surface area contributed by atoms with E-state index in [-0.39, 0.29) is 11.9 Å². The van der Waals surface area contributed by atoms with Crippen molar-refractivity contribution >= 4 is 5.91 Å². The van der Waals surface area contributed by atoms with Crippen LogP contribution in [0.4, 0.5) is 0 Å². The van der Waals surface area contributed by atoms with Gasteiger partial charge in [0.2, 0.25) is 12.3 Å². The first-order valence-electron chi connectivity index (χ1n) is 5.92. The minimum Gasteiger partial charge on any atom is -0.355 e. The zero-order chi connectivity index (χ0) is 12.3. The van der Waals surface area contributed by atoms with Crippen molar-refractivity contribution < 1.29 is 9.32 Å². The molecule has 17 heavy (non-hydrogen) atoms. The van der Waals surface area contributed by atoms with Crippen molar-refractivity contribution in [2.45, 2.75) is 38.6 Å². The van der Waals surface area contributed by atoms with Crippen LogP contribution in [-0.4, -0.2) is 28.6 Å². The fraction of sp³-hybridized carbons (Fsp3) is 0.727. The van der Waals surface area contributed by atoms with Crippen LogP contribution in [-0.2, 0) is 11.2 Å². The van der Waals surface area contributed by atoms with Crippen LogP contribution in [0.3, 0.4) is 0 Å². The van der Waals surface area contributed by atoms with Crippen LogP contribution in [0.1, 0.15) is 32.0 Å². The molecule has 1 aromatic rings. The molecule has 1 heterocycles. The van der Waals surface area contributed by atoms with Gasteiger partial charge in [-0.1, -0.05) is 11.6 Å². The Labute approximate surface area is 99.9 Å².